The molecule has 2 N–H and O–H groups in total. The van der Waals surface area contributed by atoms with Gasteiger partial charge in [-0.15, -0.1) is 0 Å². The van der Waals surface area contributed by atoms with E-state index in [1.54, 1.807) is 12.1 Å². The Bertz CT molecular complexity index is 1280. The first-order valence-corrected chi connectivity index (χ1v) is 9.12. The molecule has 3 aromatic carbocycles. The lowest BCUT2D eigenvalue weighted by molar-refractivity contribution is -0.991. The van der Waals surface area contributed by atoms with Gasteiger partial charge in [-0.25, -0.2) is 14.8 Å². The van der Waals surface area contributed by atoms with Gasteiger partial charge in [0.15, 0.2) is 5.69 Å². The lowest BCUT2D eigenvalue weighted by atomic mass is 9.99. The summed E-state index contributed by atoms with van der Waals surface area (Å²) in [4.78, 5) is 24.9. The number of benzene rings is 3. The number of esters is 1. The van der Waals surface area contributed by atoms with Crippen molar-refractivity contribution in [3.8, 4) is 16.9 Å². The molecule has 1 heterocycles. The number of hydrogen-bond donors (Lipinski definition) is 2. The third-order valence-electron chi connectivity index (χ3n) is 4.78. The highest BCUT2D eigenvalue weighted by atomic mass is 16.8. The minimum absolute atomic E-state index is 0.0800. The number of aryl methyl sites for hydroxylation is 1. The summed E-state index contributed by atoms with van der Waals surface area (Å²) >= 11 is 0. The van der Waals surface area contributed by atoms with E-state index in [0.717, 1.165) is 11.1 Å². The summed E-state index contributed by atoms with van der Waals surface area (Å²) < 4.78 is 10.9. The van der Waals surface area contributed by atoms with Gasteiger partial charge in [0.25, 0.3) is 0 Å². The zero-order valence-electron chi connectivity index (χ0n) is 15.9. The summed E-state index contributed by atoms with van der Waals surface area (Å²) in [6, 6.07) is 19.4. The van der Waals surface area contributed by atoms with Gasteiger partial charge in [0.2, 0.25) is 0 Å². The first-order chi connectivity index (χ1) is 14.4. The van der Waals surface area contributed by atoms with Crippen molar-refractivity contribution in [2.45, 2.75) is 6.92 Å². The molecule has 0 saturated heterocycles. The summed E-state index contributed by atoms with van der Waals surface area (Å²) in [6.45, 7) is 1.82. The minimum atomic E-state index is -1.07. The summed E-state index contributed by atoms with van der Waals surface area (Å²) in [5.41, 5.74) is 2.17. The van der Waals surface area contributed by atoms with Gasteiger partial charge in [0, 0.05) is 17.5 Å². The predicted octanol–water partition coefficient (Wildman–Crippen LogP) is 3.39. The van der Waals surface area contributed by atoms with E-state index >= 15 is 0 Å². The summed E-state index contributed by atoms with van der Waals surface area (Å²) in [5, 5.41) is 19.5. The number of nitrogens with one attached hydrogen (secondary N) is 1. The lowest BCUT2D eigenvalue weighted by Gasteiger charge is -2.12. The Morgan fingerprint density at radius 1 is 1.03 bits per heavy atom. The molecule has 150 valence electrons. The van der Waals surface area contributed by atoms with E-state index in [-0.39, 0.29) is 17.0 Å². The Morgan fingerprint density at radius 2 is 1.73 bits per heavy atom. The second kappa shape index (κ2) is 7.92. The molecule has 0 saturated carbocycles. The largest absolute Gasteiger partial charge is 0.595 e. The van der Waals surface area contributed by atoms with Crippen LogP contribution in [0, 0.1) is 12.1 Å². The SMILES string of the molecule is Cc1c(-c2ccccc2)c(=O)oc2ccc(OC(=O)c3ccc([NH+]([O-])O)cc3)cc12. The molecule has 0 fully saturated rings. The van der Waals surface area contributed by atoms with Crippen LogP contribution >= 0.6 is 0 Å². The molecule has 4 aromatic rings. The number of carbonyl (C=O) groups excluding carboxylic acids is 1. The van der Waals surface area contributed by atoms with Crippen LogP contribution in [0.5, 0.6) is 5.75 Å². The van der Waals surface area contributed by atoms with E-state index in [4.69, 9.17) is 14.4 Å². The molecule has 0 radical (unpaired) electrons. The van der Waals surface area contributed by atoms with Crippen LogP contribution in [0.25, 0.3) is 22.1 Å². The number of quaternary nitrogens is 1. The number of rotatable bonds is 4. The third kappa shape index (κ3) is 3.72. The number of fused-ring (bicyclic) bond motifs is 1. The van der Waals surface area contributed by atoms with Gasteiger partial charge in [-0.1, -0.05) is 30.3 Å². The topological polar surface area (TPSA) is 104 Å². The highest BCUT2D eigenvalue weighted by Gasteiger charge is 2.15. The van der Waals surface area contributed by atoms with Gasteiger partial charge in [-0.3, -0.25) is 0 Å². The van der Waals surface area contributed by atoms with Crippen LogP contribution in [0.4, 0.5) is 5.69 Å². The maximum Gasteiger partial charge on any atom is 0.344 e. The molecule has 7 nitrogen and oxygen atoms in total. The maximum absolute atomic E-state index is 12.5. The number of ether oxygens (including phenoxy) is 1. The van der Waals surface area contributed by atoms with Crippen molar-refractivity contribution in [1.29, 1.82) is 0 Å². The maximum atomic E-state index is 12.5. The fourth-order valence-corrected chi connectivity index (χ4v) is 3.25. The van der Waals surface area contributed by atoms with Gasteiger partial charge >= 0.3 is 11.6 Å². The average molecular weight is 403 g/mol. The predicted molar refractivity (Wildman–Crippen MR) is 110 cm³/mol. The Morgan fingerprint density at radius 3 is 2.40 bits per heavy atom. The smallest absolute Gasteiger partial charge is 0.344 e. The Balaban J connectivity index is 1.69. The average Bonchev–Trinajstić information content (AvgIpc) is 2.75. The van der Waals surface area contributed by atoms with Gasteiger partial charge < -0.3 is 14.4 Å². The summed E-state index contributed by atoms with van der Waals surface area (Å²) in [7, 11) is 0. The first kappa shape index (κ1) is 19.5. The van der Waals surface area contributed by atoms with Gasteiger partial charge in [0.1, 0.15) is 11.3 Å². The molecular formula is C23H17NO6. The second-order valence-corrected chi connectivity index (χ2v) is 6.69. The number of hydrogen-bond acceptors (Lipinski definition) is 6. The van der Waals surface area contributed by atoms with Crippen LogP contribution in [0.1, 0.15) is 15.9 Å². The van der Waals surface area contributed by atoms with E-state index in [2.05, 4.69) is 0 Å². The van der Waals surface area contributed by atoms with Gasteiger partial charge in [-0.2, -0.15) is 5.23 Å². The fourth-order valence-electron chi connectivity index (χ4n) is 3.25. The van der Waals surface area contributed by atoms with E-state index < -0.39 is 16.8 Å². The second-order valence-electron chi connectivity index (χ2n) is 6.69. The molecule has 1 unspecified atom stereocenters. The number of carbonyl (C=O) groups is 1. The monoisotopic (exact) mass is 403 g/mol. The van der Waals surface area contributed by atoms with Crippen LogP contribution in [-0.4, -0.2) is 11.2 Å². The molecule has 1 aromatic heterocycles. The Kier molecular flexibility index (Phi) is 5.16. The van der Waals surface area contributed by atoms with Crippen LogP contribution in [0.2, 0.25) is 0 Å². The van der Waals surface area contributed by atoms with Crippen LogP contribution in [0.3, 0.4) is 0 Å². The molecule has 30 heavy (non-hydrogen) atoms. The Labute approximate surface area is 170 Å². The standard InChI is InChI=1S/C23H17NO6/c1-14-19-13-18(29-22(25)16-7-9-17(10-8-16)24(27)28)11-12-20(19)30-23(26)21(14)15-5-3-2-4-6-15/h2-13,24,27H,1H3. The first-order valence-electron chi connectivity index (χ1n) is 9.12. The molecule has 7 heteroatoms. The van der Waals surface area contributed by atoms with Crippen molar-refractivity contribution in [2.24, 2.45) is 0 Å². The zero-order chi connectivity index (χ0) is 21.3. The van der Waals surface area contributed by atoms with Crippen LogP contribution < -0.4 is 15.6 Å². The van der Waals surface area contributed by atoms with Crippen molar-refractivity contribution in [2.75, 3.05) is 0 Å². The molecule has 4 rings (SSSR count). The molecule has 0 aliphatic carbocycles. The summed E-state index contributed by atoms with van der Waals surface area (Å²) in [5.74, 6) is -0.338. The molecule has 0 aliphatic rings. The molecule has 0 amide bonds. The highest BCUT2D eigenvalue weighted by molar-refractivity contribution is 5.93. The Hall–Kier alpha value is -3.78. The minimum Gasteiger partial charge on any atom is -0.595 e. The van der Waals surface area contributed by atoms with Crippen molar-refractivity contribution in [3.05, 3.63) is 99.6 Å². The van der Waals surface area contributed by atoms with E-state index in [1.807, 2.05) is 37.3 Å². The van der Waals surface area contributed by atoms with Crippen molar-refractivity contribution < 1.29 is 24.4 Å². The fraction of sp³-hybridized carbons (Fsp3) is 0.0435. The van der Waals surface area contributed by atoms with Crippen molar-refractivity contribution in [1.82, 2.24) is 0 Å². The van der Waals surface area contributed by atoms with E-state index in [1.165, 1.54) is 30.3 Å². The van der Waals surface area contributed by atoms with Gasteiger partial charge in [-0.05, 0) is 48.4 Å². The third-order valence-corrected chi connectivity index (χ3v) is 4.78. The van der Waals surface area contributed by atoms with Crippen molar-refractivity contribution in [3.63, 3.8) is 0 Å². The van der Waals surface area contributed by atoms with E-state index in [0.29, 0.717) is 16.5 Å². The summed E-state index contributed by atoms with van der Waals surface area (Å²) in [6.07, 6.45) is 0. The van der Waals surface area contributed by atoms with Crippen LogP contribution in [0.15, 0.2) is 82.0 Å². The normalized spacial score (nSPS) is 12.0. The molecular weight excluding hydrogens is 386 g/mol. The van der Waals surface area contributed by atoms with Gasteiger partial charge in [0.05, 0.1) is 11.1 Å². The van der Waals surface area contributed by atoms with Crippen LogP contribution in [-0.2, 0) is 0 Å². The highest BCUT2D eigenvalue weighted by Crippen LogP contribution is 2.29. The molecule has 0 aliphatic heterocycles. The molecule has 0 spiro atoms. The van der Waals surface area contributed by atoms with Crippen molar-refractivity contribution >= 4 is 22.6 Å². The van der Waals surface area contributed by atoms with E-state index in [9.17, 15) is 14.8 Å². The quantitative estimate of drug-likeness (QED) is 0.234. The molecule has 0 bridgehead atoms. The molecule has 1 atom stereocenters. The zero-order valence-corrected chi connectivity index (χ0v) is 15.9. The lowest BCUT2D eigenvalue weighted by Crippen LogP contribution is -2.99.